The highest BCUT2D eigenvalue weighted by atomic mass is 35.5. The van der Waals surface area contributed by atoms with E-state index < -0.39 is 0 Å². The number of nitrogens with zero attached hydrogens (tertiary/aromatic N) is 2. The Kier molecular flexibility index (Phi) is 5.24. The molecule has 0 spiro atoms. The molecule has 0 fully saturated rings. The maximum atomic E-state index is 13.7. The fourth-order valence-electron chi connectivity index (χ4n) is 4.35. The smallest absolute Gasteiger partial charge is 0.318 e. The molecule has 160 valence electrons. The van der Waals surface area contributed by atoms with Crippen LogP contribution in [0.1, 0.15) is 34.0 Å². The molecule has 5 rings (SSSR count). The van der Waals surface area contributed by atoms with E-state index in [4.69, 9.17) is 11.6 Å². The maximum absolute atomic E-state index is 13.7. The molecule has 0 unspecified atom stereocenters. The molecule has 1 atom stereocenters. The van der Waals surface area contributed by atoms with Gasteiger partial charge in [0.15, 0.2) is 0 Å². The van der Waals surface area contributed by atoms with Crippen LogP contribution in [-0.4, -0.2) is 15.5 Å². The summed E-state index contributed by atoms with van der Waals surface area (Å²) in [5.41, 5.74) is 7.13. The largest absolute Gasteiger partial charge is 0.323 e. The summed E-state index contributed by atoms with van der Waals surface area (Å²) in [6.07, 6.45) is 2.06. The molecule has 0 bridgehead atoms. The van der Waals surface area contributed by atoms with E-state index in [0.29, 0.717) is 17.3 Å². The lowest BCUT2D eigenvalue weighted by Gasteiger charge is -2.31. The lowest BCUT2D eigenvalue weighted by molar-refractivity contribution is 0.194. The van der Waals surface area contributed by atoms with Crippen LogP contribution in [-0.2, 0) is 6.54 Å². The number of benzene rings is 3. The van der Waals surface area contributed by atoms with Crippen molar-refractivity contribution < 1.29 is 4.79 Å². The number of urea groups is 1. The minimum atomic E-state index is -0.248. The summed E-state index contributed by atoms with van der Waals surface area (Å²) >= 11 is 6.42. The van der Waals surface area contributed by atoms with Gasteiger partial charge in [-0.3, -0.25) is 0 Å². The summed E-state index contributed by atoms with van der Waals surface area (Å²) < 4.78 is 2.19. The van der Waals surface area contributed by atoms with Crippen LogP contribution in [0.3, 0.4) is 0 Å². The van der Waals surface area contributed by atoms with Crippen molar-refractivity contribution in [2.24, 2.45) is 0 Å². The number of aromatic nitrogens is 1. The number of aryl methyl sites for hydroxylation is 2. The molecule has 0 radical (unpaired) electrons. The van der Waals surface area contributed by atoms with Crippen molar-refractivity contribution in [1.29, 1.82) is 0 Å². The number of para-hydroxylation sites is 1. The third-order valence-electron chi connectivity index (χ3n) is 5.98. The maximum Gasteiger partial charge on any atom is 0.323 e. The predicted octanol–water partition coefficient (Wildman–Crippen LogP) is 6.88. The molecule has 32 heavy (non-hydrogen) atoms. The number of hydrogen-bond donors (Lipinski definition) is 1. The quantitative estimate of drug-likeness (QED) is 0.361. The predicted molar refractivity (Wildman–Crippen MR) is 130 cm³/mol. The van der Waals surface area contributed by atoms with E-state index in [1.54, 1.807) is 0 Å². The molecule has 1 N–H and O–H groups in total. The third-order valence-corrected chi connectivity index (χ3v) is 6.30. The van der Waals surface area contributed by atoms with Crippen molar-refractivity contribution in [2.75, 3.05) is 5.32 Å². The molecule has 4 aromatic rings. The van der Waals surface area contributed by atoms with Crippen LogP contribution in [0.15, 0.2) is 85.1 Å². The van der Waals surface area contributed by atoms with Crippen molar-refractivity contribution in [1.82, 2.24) is 9.47 Å². The second-order valence-electron chi connectivity index (χ2n) is 8.29. The first-order chi connectivity index (χ1) is 15.5. The van der Waals surface area contributed by atoms with E-state index in [1.165, 1.54) is 5.56 Å². The van der Waals surface area contributed by atoms with Gasteiger partial charge in [-0.2, -0.15) is 0 Å². The van der Waals surface area contributed by atoms with Gasteiger partial charge in [0.25, 0.3) is 0 Å². The number of nitrogens with one attached hydrogen (secondary N) is 1. The molecule has 2 heterocycles. The molecule has 2 amide bonds. The van der Waals surface area contributed by atoms with E-state index in [-0.39, 0.29) is 12.1 Å². The third kappa shape index (κ3) is 3.67. The number of fused-ring (bicyclic) bond motifs is 3. The van der Waals surface area contributed by atoms with Gasteiger partial charge in [0.2, 0.25) is 0 Å². The van der Waals surface area contributed by atoms with E-state index in [2.05, 4.69) is 65.5 Å². The van der Waals surface area contributed by atoms with Gasteiger partial charge in [0.1, 0.15) is 0 Å². The Bertz CT molecular complexity index is 1290. The number of carbonyl (C=O) groups is 1. The summed E-state index contributed by atoms with van der Waals surface area (Å²) in [4.78, 5) is 15.6. The Morgan fingerprint density at radius 3 is 2.47 bits per heavy atom. The van der Waals surface area contributed by atoms with E-state index in [9.17, 15) is 4.79 Å². The Morgan fingerprint density at radius 1 is 0.938 bits per heavy atom. The Labute approximate surface area is 193 Å². The molecule has 3 aromatic carbocycles. The van der Waals surface area contributed by atoms with Gasteiger partial charge in [-0.25, -0.2) is 4.79 Å². The van der Waals surface area contributed by atoms with Crippen LogP contribution in [0.25, 0.3) is 5.69 Å². The van der Waals surface area contributed by atoms with Crippen LogP contribution in [0.4, 0.5) is 10.5 Å². The van der Waals surface area contributed by atoms with E-state index >= 15 is 0 Å². The minimum absolute atomic E-state index is 0.189. The van der Waals surface area contributed by atoms with E-state index in [0.717, 1.165) is 28.1 Å². The Balaban J connectivity index is 1.62. The molecule has 4 nitrogen and oxygen atoms in total. The summed E-state index contributed by atoms with van der Waals surface area (Å²) in [7, 11) is 0. The zero-order chi connectivity index (χ0) is 22.2. The summed E-state index contributed by atoms with van der Waals surface area (Å²) in [6, 6.07) is 26.0. The highest BCUT2D eigenvalue weighted by Gasteiger charge is 2.33. The average Bonchev–Trinajstić information content (AvgIpc) is 3.21. The topological polar surface area (TPSA) is 37.3 Å². The van der Waals surface area contributed by atoms with Gasteiger partial charge in [0.05, 0.1) is 29.0 Å². The molecular formula is C27H24ClN3O. The van der Waals surface area contributed by atoms with E-state index in [1.807, 2.05) is 48.2 Å². The molecule has 5 heteroatoms. The number of halogens is 1. The number of carbonyl (C=O) groups excluding carboxylic acids is 1. The van der Waals surface area contributed by atoms with Crippen molar-refractivity contribution in [3.63, 3.8) is 0 Å². The summed E-state index contributed by atoms with van der Waals surface area (Å²) in [5, 5.41) is 3.58. The van der Waals surface area contributed by atoms with Crippen LogP contribution < -0.4 is 5.32 Å². The number of rotatable bonds is 2. The summed E-state index contributed by atoms with van der Waals surface area (Å²) in [6.45, 7) is 4.52. The number of amides is 2. The Hall–Kier alpha value is -3.50. The highest BCUT2D eigenvalue weighted by molar-refractivity contribution is 6.33. The van der Waals surface area contributed by atoms with Gasteiger partial charge < -0.3 is 14.8 Å². The molecule has 0 aliphatic carbocycles. The van der Waals surface area contributed by atoms with Crippen molar-refractivity contribution >= 4 is 23.3 Å². The first-order valence-corrected chi connectivity index (χ1v) is 11.0. The SMILES string of the molecule is Cc1ccc([C@H]2c3cccn3-c3ccccc3CN2C(=O)Nc2ccc(C)cc2Cl)cc1. The van der Waals surface area contributed by atoms with Crippen molar-refractivity contribution in [3.8, 4) is 5.69 Å². The molecule has 0 saturated carbocycles. The highest BCUT2D eigenvalue weighted by Crippen LogP contribution is 2.37. The average molecular weight is 442 g/mol. The molecule has 1 aromatic heterocycles. The molecule has 1 aliphatic rings. The first-order valence-electron chi connectivity index (χ1n) is 10.7. The lowest BCUT2D eigenvalue weighted by Crippen LogP contribution is -2.38. The normalized spacial score (nSPS) is 15.0. The standard InChI is InChI=1S/C27H24ClN3O/c1-18-9-12-20(13-10-18)26-25-8-5-15-30(25)24-7-4-3-6-21(24)17-31(26)27(32)29-23-14-11-19(2)16-22(23)28/h3-16,26H,17H2,1-2H3,(H,29,32)/t26-/m0/s1. The molecular weight excluding hydrogens is 418 g/mol. The van der Waals surface area contributed by atoms with Crippen LogP contribution in [0, 0.1) is 13.8 Å². The van der Waals surface area contributed by atoms with Crippen molar-refractivity contribution in [2.45, 2.75) is 26.4 Å². The van der Waals surface area contributed by atoms with Crippen LogP contribution >= 0.6 is 11.6 Å². The lowest BCUT2D eigenvalue weighted by atomic mass is 10.0. The fraction of sp³-hybridized carbons (Fsp3) is 0.148. The number of anilines is 1. The van der Waals surface area contributed by atoms with Crippen molar-refractivity contribution in [3.05, 3.63) is 118 Å². The minimum Gasteiger partial charge on any atom is -0.318 e. The second kappa shape index (κ2) is 8.21. The molecule has 0 saturated heterocycles. The van der Waals surface area contributed by atoms with Crippen LogP contribution in [0.2, 0.25) is 5.02 Å². The fourth-order valence-corrected chi connectivity index (χ4v) is 4.63. The summed E-state index contributed by atoms with van der Waals surface area (Å²) in [5.74, 6) is 0. The zero-order valence-electron chi connectivity index (χ0n) is 18.0. The van der Waals surface area contributed by atoms with Gasteiger partial charge in [-0.05, 0) is 60.9 Å². The van der Waals surface area contributed by atoms with Gasteiger partial charge in [-0.15, -0.1) is 0 Å². The van der Waals surface area contributed by atoms with Gasteiger partial charge in [-0.1, -0.05) is 65.7 Å². The van der Waals surface area contributed by atoms with Gasteiger partial charge in [0, 0.05) is 11.9 Å². The second-order valence-corrected chi connectivity index (χ2v) is 8.69. The monoisotopic (exact) mass is 441 g/mol. The Morgan fingerprint density at radius 2 is 1.69 bits per heavy atom. The number of hydrogen-bond acceptors (Lipinski definition) is 1. The van der Waals surface area contributed by atoms with Gasteiger partial charge >= 0.3 is 6.03 Å². The zero-order valence-corrected chi connectivity index (χ0v) is 18.8. The van der Waals surface area contributed by atoms with Crippen LogP contribution in [0.5, 0.6) is 0 Å². The first kappa shape index (κ1) is 20.4. The molecule has 1 aliphatic heterocycles.